The monoisotopic (exact) mass is 278 g/mol. The average Bonchev–Trinajstić information content (AvgIpc) is 3.10. The summed E-state index contributed by atoms with van der Waals surface area (Å²) in [4.78, 5) is 15.4. The van der Waals surface area contributed by atoms with Crippen molar-refractivity contribution in [3.63, 3.8) is 0 Å². The van der Waals surface area contributed by atoms with Gasteiger partial charge >= 0.3 is 0 Å². The van der Waals surface area contributed by atoms with E-state index in [0.29, 0.717) is 11.1 Å². The Balaban J connectivity index is 1.81. The Bertz CT molecular complexity index is 502. The van der Waals surface area contributed by atoms with Crippen molar-refractivity contribution in [3.8, 4) is 0 Å². The predicted molar refractivity (Wildman–Crippen MR) is 81.0 cm³/mol. The Hall–Kier alpha value is -1.03. The lowest BCUT2D eigenvalue weighted by molar-refractivity contribution is 0.0972. The quantitative estimate of drug-likeness (QED) is 0.860. The number of carbonyl (C=O) groups is 1. The van der Waals surface area contributed by atoms with E-state index in [1.807, 2.05) is 6.07 Å². The summed E-state index contributed by atoms with van der Waals surface area (Å²) in [6.07, 6.45) is 4.58. The first-order valence-electron chi connectivity index (χ1n) is 7.15. The van der Waals surface area contributed by atoms with Crippen LogP contribution in [-0.2, 0) is 0 Å². The fraction of sp³-hybridized carbons (Fsp3) is 0.667. The number of rotatable bonds is 3. The van der Waals surface area contributed by atoms with Crippen molar-refractivity contribution < 1.29 is 4.79 Å². The Labute approximate surface area is 118 Å². The Morgan fingerprint density at radius 3 is 2.84 bits per heavy atom. The second-order valence-corrected chi connectivity index (χ2v) is 7.73. The van der Waals surface area contributed by atoms with E-state index in [1.165, 1.54) is 17.8 Å². The summed E-state index contributed by atoms with van der Waals surface area (Å²) in [6.45, 7) is 6.77. The van der Waals surface area contributed by atoms with Crippen LogP contribution in [0.2, 0.25) is 0 Å². The number of nitrogen functional groups attached to an aromatic ring is 1. The number of nitrogens with zero attached hydrogens (tertiary/aromatic N) is 1. The van der Waals surface area contributed by atoms with Gasteiger partial charge in [0.2, 0.25) is 0 Å². The fourth-order valence-corrected chi connectivity index (χ4v) is 4.01. The molecule has 1 saturated heterocycles. The van der Waals surface area contributed by atoms with Crippen molar-refractivity contribution in [2.24, 2.45) is 11.3 Å². The minimum absolute atomic E-state index is 0.256. The molecule has 1 aromatic rings. The van der Waals surface area contributed by atoms with Crippen molar-refractivity contribution in [1.29, 1.82) is 0 Å². The zero-order valence-corrected chi connectivity index (χ0v) is 12.6. The van der Waals surface area contributed by atoms with Crippen LogP contribution >= 0.6 is 11.3 Å². The molecule has 4 heteroatoms. The number of piperidine rings is 1. The van der Waals surface area contributed by atoms with Crippen molar-refractivity contribution in [3.05, 3.63) is 10.9 Å². The standard InChI is InChI=1S/C15H22N2OS/c1-15(2)6-3-7-17(9-15)12-8-11(16)14(19-12)13(18)10-4-5-10/h8,10H,3-7,9,16H2,1-2H3. The van der Waals surface area contributed by atoms with Crippen LogP contribution in [0, 0.1) is 11.3 Å². The minimum Gasteiger partial charge on any atom is -0.397 e. The molecule has 0 unspecified atom stereocenters. The van der Waals surface area contributed by atoms with Gasteiger partial charge in [0.25, 0.3) is 0 Å². The molecule has 3 rings (SSSR count). The highest BCUT2D eigenvalue weighted by Crippen LogP contribution is 2.41. The highest BCUT2D eigenvalue weighted by atomic mass is 32.1. The number of anilines is 2. The van der Waals surface area contributed by atoms with Crippen molar-refractivity contribution in [2.75, 3.05) is 23.7 Å². The summed E-state index contributed by atoms with van der Waals surface area (Å²) in [7, 11) is 0. The SMILES string of the molecule is CC1(C)CCCN(c2cc(N)c(C(=O)C3CC3)s2)C1. The molecule has 0 amide bonds. The molecule has 2 heterocycles. The summed E-state index contributed by atoms with van der Waals surface area (Å²) < 4.78 is 0. The number of thiophene rings is 1. The van der Waals surface area contributed by atoms with E-state index < -0.39 is 0 Å². The molecule has 19 heavy (non-hydrogen) atoms. The molecule has 0 bridgehead atoms. The second kappa shape index (κ2) is 4.51. The molecule has 1 aliphatic heterocycles. The van der Waals surface area contributed by atoms with Crippen LogP contribution < -0.4 is 10.6 Å². The molecule has 2 aliphatic rings. The normalized spacial score (nSPS) is 22.5. The lowest BCUT2D eigenvalue weighted by Gasteiger charge is -2.38. The molecule has 104 valence electrons. The topological polar surface area (TPSA) is 46.3 Å². The van der Waals surface area contributed by atoms with Crippen LogP contribution in [0.3, 0.4) is 0 Å². The van der Waals surface area contributed by atoms with Gasteiger partial charge < -0.3 is 10.6 Å². The van der Waals surface area contributed by atoms with Gasteiger partial charge in [-0.3, -0.25) is 4.79 Å². The van der Waals surface area contributed by atoms with Crippen LogP contribution in [0.4, 0.5) is 10.7 Å². The maximum absolute atomic E-state index is 12.2. The lowest BCUT2D eigenvalue weighted by atomic mass is 9.84. The van der Waals surface area contributed by atoms with E-state index in [4.69, 9.17) is 5.73 Å². The van der Waals surface area contributed by atoms with Gasteiger partial charge in [0, 0.05) is 19.0 Å². The summed E-state index contributed by atoms with van der Waals surface area (Å²) in [5.74, 6) is 0.525. The maximum Gasteiger partial charge on any atom is 0.178 e. The molecule has 1 aromatic heterocycles. The van der Waals surface area contributed by atoms with Crippen LogP contribution in [0.5, 0.6) is 0 Å². The highest BCUT2D eigenvalue weighted by Gasteiger charge is 2.34. The molecular formula is C15H22N2OS. The molecule has 1 aliphatic carbocycles. The van der Waals surface area contributed by atoms with Gasteiger partial charge in [-0.1, -0.05) is 13.8 Å². The van der Waals surface area contributed by atoms with Crippen LogP contribution in [-0.4, -0.2) is 18.9 Å². The minimum atomic E-state index is 0.256. The zero-order chi connectivity index (χ0) is 13.6. The molecule has 1 saturated carbocycles. The molecule has 0 radical (unpaired) electrons. The number of nitrogens with two attached hydrogens (primary N) is 1. The summed E-state index contributed by atoms with van der Waals surface area (Å²) in [5, 5.41) is 1.18. The van der Waals surface area contributed by atoms with Crippen LogP contribution in [0.25, 0.3) is 0 Å². The van der Waals surface area contributed by atoms with E-state index in [0.717, 1.165) is 30.8 Å². The Morgan fingerprint density at radius 2 is 2.21 bits per heavy atom. The largest absolute Gasteiger partial charge is 0.397 e. The molecule has 3 nitrogen and oxygen atoms in total. The molecule has 0 aromatic carbocycles. The third kappa shape index (κ3) is 2.64. The van der Waals surface area contributed by atoms with E-state index >= 15 is 0 Å². The third-order valence-corrected chi connectivity index (χ3v) is 5.36. The van der Waals surface area contributed by atoms with Gasteiger partial charge in [-0.05, 0) is 37.2 Å². The number of hydrogen-bond acceptors (Lipinski definition) is 4. The van der Waals surface area contributed by atoms with E-state index in [9.17, 15) is 4.79 Å². The summed E-state index contributed by atoms with van der Waals surface area (Å²) in [5.41, 5.74) is 7.08. The average molecular weight is 278 g/mol. The third-order valence-electron chi connectivity index (χ3n) is 4.13. The van der Waals surface area contributed by atoms with Gasteiger partial charge in [0.05, 0.1) is 15.6 Å². The lowest BCUT2D eigenvalue weighted by Crippen LogP contribution is -2.39. The Kier molecular flexibility index (Phi) is 3.08. The van der Waals surface area contributed by atoms with E-state index in [1.54, 1.807) is 11.3 Å². The fourth-order valence-electron chi connectivity index (χ4n) is 2.88. The molecular weight excluding hydrogens is 256 g/mol. The van der Waals surface area contributed by atoms with Gasteiger partial charge in [0.15, 0.2) is 5.78 Å². The van der Waals surface area contributed by atoms with Crippen LogP contribution in [0.1, 0.15) is 49.2 Å². The number of hydrogen-bond donors (Lipinski definition) is 1. The van der Waals surface area contributed by atoms with E-state index in [-0.39, 0.29) is 11.7 Å². The number of carbonyl (C=O) groups excluding carboxylic acids is 1. The molecule has 2 N–H and O–H groups in total. The van der Waals surface area contributed by atoms with Gasteiger partial charge in [-0.2, -0.15) is 0 Å². The van der Waals surface area contributed by atoms with Crippen LogP contribution in [0.15, 0.2) is 6.07 Å². The first kappa shape index (κ1) is 13.0. The molecule has 0 spiro atoms. The summed E-state index contributed by atoms with van der Waals surface area (Å²) in [6, 6.07) is 2.00. The first-order valence-corrected chi connectivity index (χ1v) is 7.96. The first-order chi connectivity index (χ1) is 8.96. The van der Waals surface area contributed by atoms with Gasteiger partial charge in [-0.15, -0.1) is 11.3 Å². The molecule has 0 atom stereocenters. The van der Waals surface area contributed by atoms with Crippen molar-refractivity contribution in [2.45, 2.75) is 39.5 Å². The number of Topliss-reactive ketones (excluding diaryl/α,β-unsaturated/α-hetero) is 1. The highest BCUT2D eigenvalue weighted by molar-refractivity contribution is 7.18. The van der Waals surface area contributed by atoms with Gasteiger partial charge in [0.1, 0.15) is 0 Å². The van der Waals surface area contributed by atoms with Crippen molar-refractivity contribution >= 4 is 27.8 Å². The maximum atomic E-state index is 12.2. The Morgan fingerprint density at radius 1 is 1.47 bits per heavy atom. The smallest absolute Gasteiger partial charge is 0.178 e. The number of ketones is 1. The summed E-state index contributed by atoms with van der Waals surface area (Å²) >= 11 is 1.59. The van der Waals surface area contributed by atoms with Crippen molar-refractivity contribution in [1.82, 2.24) is 0 Å². The van der Waals surface area contributed by atoms with E-state index in [2.05, 4.69) is 18.7 Å². The van der Waals surface area contributed by atoms with Gasteiger partial charge in [-0.25, -0.2) is 0 Å². The zero-order valence-electron chi connectivity index (χ0n) is 11.7. The second-order valence-electron chi connectivity index (χ2n) is 6.70. The predicted octanol–water partition coefficient (Wildman–Crippen LogP) is 3.55. The molecule has 2 fully saturated rings.